The van der Waals surface area contributed by atoms with E-state index in [0.29, 0.717) is 0 Å². The topological polar surface area (TPSA) is 25.8 Å². The Balaban J connectivity index is 1.59. The van der Waals surface area contributed by atoms with Gasteiger partial charge in [-0.2, -0.15) is 0 Å². The van der Waals surface area contributed by atoms with Gasteiger partial charge in [0.05, 0.1) is 11.4 Å². The standard InChI is InChI=1S/C32H28N2/c1-22-12-11-17-27(32(22)30-18-9-10-19-33-30)24(3)26-15-7-8-16-28(26)31-20-23(2)29(21-34-31)25-13-5-4-6-14-25/h4-21,24H,1-3H3/t24-/m0/s1. The first-order chi connectivity index (χ1) is 16.6. The lowest BCUT2D eigenvalue weighted by atomic mass is 9.83. The normalized spacial score (nSPS) is 11.9. The minimum atomic E-state index is 0.184. The Morgan fingerprint density at radius 2 is 1.32 bits per heavy atom. The van der Waals surface area contributed by atoms with Crippen LogP contribution in [0, 0.1) is 13.8 Å². The number of hydrogen-bond acceptors (Lipinski definition) is 2. The van der Waals surface area contributed by atoms with Gasteiger partial charge >= 0.3 is 0 Å². The van der Waals surface area contributed by atoms with Gasteiger partial charge in [0.2, 0.25) is 0 Å². The summed E-state index contributed by atoms with van der Waals surface area (Å²) < 4.78 is 0. The predicted molar refractivity (Wildman–Crippen MR) is 142 cm³/mol. The van der Waals surface area contributed by atoms with Crippen LogP contribution in [-0.2, 0) is 0 Å². The molecule has 0 saturated heterocycles. The fourth-order valence-electron chi connectivity index (χ4n) is 4.81. The number of aromatic nitrogens is 2. The molecule has 0 spiro atoms. The molecule has 0 saturated carbocycles. The van der Waals surface area contributed by atoms with Crippen LogP contribution in [0.2, 0.25) is 0 Å². The van der Waals surface area contributed by atoms with Crippen LogP contribution >= 0.6 is 0 Å². The Bertz CT molecular complexity index is 1420. The van der Waals surface area contributed by atoms with E-state index in [4.69, 9.17) is 4.98 Å². The van der Waals surface area contributed by atoms with Crippen molar-refractivity contribution in [2.24, 2.45) is 0 Å². The summed E-state index contributed by atoms with van der Waals surface area (Å²) >= 11 is 0. The highest BCUT2D eigenvalue weighted by Crippen LogP contribution is 2.38. The van der Waals surface area contributed by atoms with Gasteiger partial charge in [-0.05, 0) is 59.9 Å². The summed E-state index contributed by atoms with van der Waals surface area (Å²) in [6, 6.07) is 34.0. The van der Waals surface area contributed by atoms with Crippen LogP contribution < -0.4 is 0 Å². The van der Waals surface area contributed by atoms with Gasteiger partial charge in [-0.25, -0.2) is 0 Å². The second-order valence-electron chi connectivity index (χ2n) is 8.81. The predicted octanol–water partition coefficient (Wildman–Crippen LogP) is 8.25. The van der Waals surface area contributed by atoms with Crippen LogP contribution in [0.3, 0.4) is 0 Å². The van der Waals surface area contributed by atoms with Gasteiger partial charge in [-0.15, -0.1) is 0 Å². The van der Waals surface area contributed by atoms with Crippen molar-refractivity contribution in [3.8, 4) is 33.6 Å². The highest BCUT2D eigenvalue weighted by atomic mass is 14.7. The maximum Gasteiger partial charge on any atom is 0.0708 e. The zero-order valence-corrected chi connectivity index (χ0v) is 19.9. The summed E-state index contributed by atoms with van der Waals surface area (Å²) in [6.07, 6.45) is 3.87. The molecular weight excluding hydrogens is 412 g/mol. The van der Waals surface area contributed by atoms with E-state index in [1.54, 1.807) is 0 Å². The third-order valence-corrected chi connectivity index (χ3v) is 6.59. The van der Waals surface area contributed by atoms with Crippen molar-refractivity contribution >= 4 is 0 Å². The van der Waals surface area contributed by atoms with Crippen LogP contribution in [0.1, 0.15) is 35.1 Å². The molecule has 2 nitrogen and oxygen atoms in total. The van der Waals surface area contributed by atoms with Crippen molar-refractivity contribution in [1.29, 1.82) is 0 Å². The summed E-state index contributed by atoms with van der Waals surface area (Å²) in [5, 5.41) is 0. The van der Waals surface area contributed by atoms with Gasteiger partial charge in [0, 0.05) is 35.0 Å². The van der Waals surface area contributed by atoms with E-state index in [1.165, 1.54) is 44.5 Å². The van der Waals surface area contributed by atoms with E-state index in [9.17, 15) is 0 Å². The monoisotopic (exact) mass is 440 g/mol. The van der Waals surface area contributed by atoms with Crippen LogP contribution in [0.15, 0.2) is 109 Å². The fourth-order valence-corrected chi connectivity index (χ4v) is 4.81. The van der Waals surface area contributed by atoms with E-state index in [2.05, 4.69) is 111 Å². The molecule has 34 heavy (non-hydrogen) atoms. The Morgan fingerprint density at radius 1 is 0.588 bits per heavy atom. The molecule has 1 atom stereocenters. The molecule has 0 radical (unpaired) electrons. The Morgan fingerprint density at radius 3 is 2.09 bits per heavy atom. The van der Waals surface area contributed by atoms with E-state index >= 15 is 0 Å². The molecule has 0 amide bonds. The molecule has 0 aliphatic heterocycles. The number of nitrogens with zero attached hydrogens (tertiary/aromatic N) is 2. The first kappa shape index (κ1) is 21.8. The molecule has 0 bridgehead atoms. The Hall–Kier alpha value is -4.04. The lowest BCUT2D eigenvalue weighted by Crippen LogP contribution is -2.03. The number of pyridine rings is 2. The molecule has 0 fully saturated rings. The SMILES string of the molecule is Cc1cc(-c2ccccc2[C@H](C)c2cccc(C)c2-c2ccccn2)ncc1-c1ccccc1. The number of benzene rings is 3. The van der Waals surface area contributed by atoms with Crippen LogP contribution in [0.5, 0.6) is 0 Å². The van der Waals surface area contributed by atoms with Gasteiger partial charge in [0.1, 0.15) is 0 Å². The van der Waals surface area contributed by atoms with Crippen LogP contribution in [0.25, 0.3) is 33.6 Å². The van der Waals surface area contributed by atoms with Crippen molar-refractivity contribution in [2.45, 2.75) is 26.7 Å². The van der Waals surface area contributed by atoms with Crippen molar-refractivity contribution in [3.05, 3.63) is 132 Å². The number of hydrogen-bond donors (Lipinski definition) is 0. The Kier molecular flexibility index (Phi) is 6.05. The van der Waals surface area contributed by atoms with E-state index in [-0.39, 0.29) is 5.92 Å². The second-order valence-corrected chi connectivity index (χ2v) is 8.81. The summed E-state index contributed by atoms with van der Waals surface area (Å²) in [5.74, 6) is 0.184. The average Bonchev–Trinajstić information content (AvgIpc) is 2.89. The highest BCUT2D eigenvalue weighted by Gasteiger charge is 2.20. The molecule has 5 aromatic rings. The lowest BCUT2D eigenvalue weighted by Gasteiger charge is -2.21. The smallest absolute Gasteiger partial charge is 0.0708 e. The van der Waals surface area contributed by atoms with Crippen molar-refractivity contribution in [2.75, 3.05) is 0 Å². The first-order valence-electron chi connectivity index (χ1n) is 11.8. The highest BCUT2D eigenvalue weighted by molar-refractivity contribution is 5.74. The van der Waals surface area contributed by atoms with E-state index in [1.807, 2.05) is 24.5 Å². The lowest BCUT2D eigenvalue weighted by molar-refractivity contribution is 0.922. The summed E-state index contributed by atoms with van der Waals surface area (Å²) in [7, 11) is 0. The largest absolute Gasteiger partial charge is 0.256 e. The van der Waals surface area contributed by atoms with Gasteiger partial charge in [-0.1, -0.05) is 85.8 Å². The maximum absolute atomic E-state index is 4.91. The first-order valence-corrected chi connectivity index (χ1v) is 11.8. The molecule has 2 heterocycles. The average molecular weight is 441 g/mol. The molecule has 0 aliphatic rings. The summed E-state index contributed by atoms with van der Waals surface area (Å²) in [4.78, 5) is 9.57. The molecule has 0 aliphatic carbocycles. The van der Waals surface area contributed by atoms with E-state index in [0.717, 1.165) is 11.4 Å². The molecule has 0 N–H and O–H groups in total. The zero-order chi connectivity index (χ0) is 23.5. The Labute approximate surface area is 202 Å². The molecule has 3 aromatic carbocycles. The minimum absolute atomic E-state index is 0.184. The third kappa shape index (κ3) is 4.15. The molecule has 0 unspecified atom stereocenters. The number of aryl methyl sites for hydroxylation is 2. The summed E-state index contributed by atoms with van der Waals surface area (Å²) in [6.45, 7) is 6.61. The molecular formula is C32H28N2. The van der Waals surface area contributed by atoms with Gasteiger partial charge in [0.25, 0.3) is 0 Å². The summed E-state index contributed by atoms with van der Waals surface area (Å²) in [5.41, 5.74) is 11.8. The minimum Gasteiger partial charge on any atom is -0.256 e. The molecule has 2 heteroatoms. The quantitative estimate of drug-likeness (QED) is 0.275. The third-order valence-electron chi connectivity index (χ3n) is 6.59. The number of rotatable bonds is 5. The molecule has 166 valence electrons. The van der Waals surface area contributed by atoms with Gasteiger partial charge < -0.3 is 0 Å². The van der Waals surface area contributed by atoms with Crippen molar-refractivity contribution in [1.82, 2.24) is 9.97 Å². The van der Waals surface area contributed by atoms with Crippen molar-refractivity contribution in [3.63, 3.8) is 0 Å². The van der Waals surface area contributed by atoms with Gasteiger partial charge in [-0.3, -0.25) is 9.97 Å². The van der Waals surface area contributed by atoms with Crippen molar-refractivity contribution < 1.29 is 0 Å². The van der Waals surface area contributed by atoms with Crippen LogP contribution in [0.4, 0.5) is 0 Å². The zero-order valence-electron chi connectivity index (χ0n) is 19.9. The fraction of sp³-hybridized carbons (Fsp3) is 0.125. The molecule has 5 rings (SSSR count). The van der Waals surface area contributed by atoms with Gasteiger partial charge in [0.15, 0.2) is 0 Å². The maximum atomic E-state index is 4.91. The van der Waals surface area contributed by atoms with E-state index < -0.39 is 0 Å². The second kappa shape index (κ2) is 9.44. The van der Waals surface area contributed by atoms with Crippen LogP contribution in [-0.4, -0.2) is 9.97 Å². The molecule has 2 aromatic heterocycles.